The standard InChI is InChI=1S/C20H23FN2O2/c1-22-12-16-8-9-23(13-16)20(24)17-5-2-4-15(10-17)14-25-19-7-3-6-18(21)11-19/h2-7,10-11,16,22H,8-9,12-14H2,1H3/t16-/m0/s1. The maximum Gasteiger partial charge on any atom is 0.253 e. The minimum Gasteiger partial charge on any atom is -0.489 e. The van der Waals surface area contributed by atoms with E-state index >= 15 is 0 Å². The molecule has 2 aromatic carbocycles. The molecule has 4 nitrogen and oxygen atoms in total. The molecule has 3 rings (SSSR count). The third kappa shape index (κ3) is 4.57. The Kier molecular flexibility index (Phi) is 5.66. The quantitative estimate of drug-likeness (QED) is 0.877. The van der Waals surface area contributed by atoms with Crippen molar-refractivity contribution in [2.24, 2.45) is 5.92 Å². The summed E-state index contributed by atoms with van der Waals surface area (Å²) in [6.45, 7) is 2.83. The zero-order valence-electron chi connectivity index (χ0n) is 14.4. The van der Waals surface area contributed by atoms with Crippen LogP contribution in [0.2, 0.25) is 0 Å². The molecule has 0 spiro atoms. The van der Waals surface area contributed by atoms with Gasteiger partial charge in [-0.1, -0.05) is 18.2 Å². The fourth-order valence-corrected chi connectivity index (χ4v) is 3.17. The van der Waals surface area contributed by atoms with Gasteiger partial charge in [-0.25, -0.2) is 4.39 Å². The molecule has 0 bridgehead atoms. The van der Waals surface area contributed by atoms with Gasteiger partial charge in [0.25, 0.3) is 5.91 Å². The Morgan fingerprint density at radius 2 is 2.12 bits per heavy atom. The average molecular weight is 342 g/mol. The highest BCUT2D eigenvalue weighted by Gasteiger charge is 2.26. The van der Waals surface area contributed by atoms with E-state index in [-0.39, 0.29) is 11.7 Å². The van der Waals surface area contributed by atoms with Crippen LogP contribution in [0.3, 0.4) is 0 Å². The van der Waals surface area contributed by atoms with Crippen LogP contribution in [-0.2, 0) is 6.61 Å². The third-order valence-electron chi connectivity index (χ3n) is 4.44. The Morgan fingerprint density at radius 3 is 2.92 bits per heavy atom. The molecule has 1 amide bonds. The van der Waals surface area contributed by atoms with Crippen molar-refractivity contribution < 1.29 is 13.9 Å². The molecule has 1 aliphatic rings. The van der Waals surface area contributed by atoms with Crippen molar-refractivity contribution in [1.82, 2.24) is 10.2 Å². The van der Waals surface area contributed by atoms with Crippen molar-refractivity contribution in [2.75, 3.05) is 26.7 Å². The molecule has 1 atom stereocenters. The van der Waals surface area contributed by atoms with E-state index in [1.807, 2.05) is 36.2 Å². The lowest BCUT2D eigenvalue weighted by Gasteiger charge is -2.17. The van der Waals surface area contributed by atoms with Crippen LogP contribution in [0.1, 0.15) is 22.3 Å². The topological polar surface area (TPSA) is 41.6 Å². The predicted molar refractivity (Wildman–Crippen MR) is 95.1 cm³/mol. The Labute approximate surface area is 147 Å². The number of rotatable bonds is 6. The predicted octanol–water partition coefficient (Wildman–Crippen LogP) is 3.09. The maximum absolute atomic E-state index is 13.2. The van der Waals surface area contributed by atoms with E-state index in [4.69, 9.17) is 4.74 Å². The summed E-state index contributed by atoms with van der Waals surface area (Å²) in [6.07, 6.45) is 1.04. The van der Waals surface area contributed by atoms with Crippen LogP contribution in [0.5, 0.6) is 5.75 Å². The summed E-state index contributed by atoms with van der Waals surface area (Å²) in [5.74, 6) is 0.734. The van der Waals surface area contributed by atoms with Gasteiger partial charge in [0.05, 0.1) is 0 Å². The van der Waals surface area contributed by atoms with Gasteiger partial charge in [0.15, 0.2) is 0 Å². The zero-order valence-corrected chi connectivity index (χ0v) is 14.4. The Bertz CT molecular complexity index is 735. The van der Waals surface area contributed by atoms with Crippen LogP contribution in [0, 0.1) is 11.7 Å². The largest absolute Gasteiger partial charge is 0.489 e. The molecule has 132 valence electrons. The highest BCUT2D eigenvalue weighted by Crippen LogP contribution is 2.19. The van der Waals surface area contributed by atoms with Crippen molar-refractivity contribution >= 4 is 5.91 Å². The van der Waals surface area contributed by atoms with Gasteiger partial charge >= 0.3 is 0 Å². The third-order valence-corrected chi connectivity index (χ3v) is 4.44. The molecule has 0 aromatic heterocycles. The maximum atomic E-state index is 13.2. The lowest BCUT2D eigenvalue weighted by molar-refractivity contribution is 0.0787. The van der Waals surface area contributed by atoms with E-state index in [0.29, 0.717) is 23.8 Å². The molecule has 1 saturated heterocycles. The summed E-state index contributed by atoms with van der Waals surface area (Å²) in [7, 11) is 1.94. The molecular formula is C20H23FN2O2. The highest BCUT2D eigenvalue weighted by atomic mass is 19.1. The monoisotopic (exact) mass is 342 g/mol. The van der Waals surface area contributed by atoms with Gasteiger partial charge in [-0.15, -0.1) is 0 Å². The number of carbonyl (C=O) groups excluding carboxylic acids is 1. The van der Waals surface area contributed by atoms with Gasteiger partial charge < -0.3 is 15.0 Å². The Hall–Kier alpha value is -2.40. The van der Waals surface area contributed by atoms with Gasteiger partial charge in [-0.3, -0.25) is 4.79 Å². The molecule has 25 heavy (non-hydrogen) atoms. The molecule has 1 heterocycles. The van der Waals surface area contributed by atoms with Crippen LogP contribution in [0.15, 0.2) is 48.5 Å². The SMILES string of the molecule is CNC[C@@H]1CCN(C(=O)c2cccc(COc3cccc(F)c3)c2)C1. The van der Waals surface area contributed by atoms with Crippen molar-refractivity contribution in [3.05, 3.63) is 65.5 Å². The Morgan fingerprint density at radius 1 is 1.28 bits per heavy atom. The van der Waals surface area contributed by atoms with Gasteiger partial charge in [0, 0.05) is 24.7 Å². The lowest BCUT2D eigenvalue weighted by atomic mass is 10.1. The van der Waals surface area contributed by atoms with E-state index in [1.165, 1.54) is 12.1 Å². The summed E-state index contributed by atoms with van der Waals surface area (Å²) >= 11 is 0. The molecule has 0 unspecified atom stereocenters. The van der Waals surface area contributed by atoms with Gasteiger partial charge in [0.1, 0.15) is 18.2 Å². The van der Waals surface area contributed by atoms with E-state index in [0.717, 1.165) is 31.6 Å². The summed E-state index contributed by atoms with van der Waals surface area (Å²) in [5.41, 5.74) is 1.56. The second kappa shape index (κ2) is 8.12. The first kappa shape index (κ1) is 17.4. The molecule has 1 aliphatic heterocycles. The smallest absolute Gasteiger partial charge is 0.253 e. The molecule has 0 radical (unpaired) electrons. The number of hydrogen-bond acceptors (Lipinski definition) is 3. The van der Waals surface area contributed by atoms with Crippen molar-refractivity contribution in [3.63, 3.8) is 0 Å². The van der Waals surface area contributed by atoms with Crippen LogP contribution in [-0.4, -0.2) is 37.5 Å². The van der Waals surface area contributed by atoms with Crippen LogP contribution >= 0.6 is 0 Å². The summed E-state index contributed by atoms with van der Waals surface area (Å²) in [5, 5.41) is 3.17. The first-order valence-electron chi connectivity index (χ1n) is 8.57. The number of nitrogens with zero attached hydrogens (tertiary/aromatic N) is 1. The molecule has 1 fully saturated rings. The van der Waals surface area contributed by atoms with Gasteiger partial charge in [-0.2, -0.15) is 0 Å². The van der Waals surface area contributed by atoms with Crippen molar-refractivity contribution in [2.45, 2.75) is 13.0 Å². The van der Waals surface area contributed by atoms with Crippen molar-refractivity contribution in [1.29, 1.82) is 0 Å². The number of amides is 1. The van der Waals surface area contributed by atoms with E-state index < -0.39 is 0 Å². The minimum atomic E-state index is -0.327. The molecular weight excluding hydrogens is 319 g/mol. The molecule has 0 saturated carbocycles. The van der Waals surface area contributed by atoms with E-state index in [2.05, 4.69) is 5.32 Å². The Balaban J connectivity index is 1.62. The fourth-order valence-electron chi connectivity index (χ4n) is 3.17. The molecule has 5 heteroatoms. The van der Waals surface area contributed by atoms with Gasteiger partial charge in [0.2, 0.25) is 0 Å². The fraction of sp³-hybridized carbons (Fsp3) is 0.350. The number of halogens is 1. The van der Waals surface area contributed by atoms with Gasteiger partial charge in [-0.05, 0) is 55.8 Å². The van der Waals surface area contributed by atoms with E-state index in [1.54, 1.807) is 12.1 Å². The number of carbonyl (C=O) groups is 1. The summed E-state index contributed by atoms with van der Waals surface area (Å²) in [4.78, 5) is 14.6. The second-order valence-corrected chi connectivity index (χ2v) is 6.41. The number of nitrogens with one attached hydrogen (secondary N) is 1. The summed E-state index contributed by atoms with van der Waals surface area (Å²) < 4.78 is 18.8. The van der Waals surface area contributed by atoms with Crippen molar-refractivity contribution in [3.8, 4) is 5.75 Å². The second-order valence-electron chi connectivity index (χ2n) is 6.41. The number of ether oxygens (including phenoxy) is 1. The first-order valence-corrected chi connectivity index (χ1v) is 8.57. The normalized spacial score (nSPS) is 16.9. The average Bonchev–Trinajstić information content (AvgIpc) is 3.09. The van der Waals surface area contributed by atoms with Crippen LogP contribution in [0.25, 0.3) is 0 Å². The van der Waals surface area contributed by atoms with Crippen LogP contribution in [0.4, 0.5) is 4.39 Å². The van der Waals surface area contributed by atoms with Crippen LogP contribution < -0.4 is 10.1 Å². The lowest BCUT2D eigenvalue weighted by Crippen LogP contribution is -2.30. The minimum absolute atomic E-state index is 0.0613. The molecule has 0 aliphatic carbocycles. The summed E-state index contributed by atoms with van der Waals surface area (Å²) in [6, 6.07) is 13.5. The molecule has 2 aromatic rings. The first-order chi connectivity index (χ1) is 12.2. The number of hydrogen-bond donors (Lipinski definition) is 1. The molecule has 1 N–H and O–H groups in total. The van der Waals surface area contributed by atoms with E-state index in [9.17, 15) is 9.18 Å². The number of benzene rings is 2. The number of likely N-dealkylation sites (tertiary alicyclic amines) is 1. The zero-order chi connectivity index (χ0) is 17.6. The highest BCUT2D eigenvalue weighted by molar-refractivity contribution is 5.94.